The third kappa shape index (κ3) is 6.03. The molecule has 34 heavy (non-hydrogen) atoms. The van der Waals surface area contributed by atoms with Gasteiger partial charge in [-0.15, -0.1) is 10.2 Å². The van der Waals surface area contributed by atoms with E-state index >= 15 is 0 Å². The molecule has 0 aliphatic heterocycles. The molecule has 9 nitrogen and oxygen atoms in total. The van der Waals surface area contributed by atoms with Crippen molar-refractivity contribution in [3.8, 4) is 17.2 Å². The van der Waals surface area contributed by atoms with Crippen molar-refractivity contribution in [3.05, 3.63) is 90.6 Å². The van der Waals surface area contributed by atoms with Gasteiger partial charge in [-0.05, 0) is 48.5 Å². The van der Waals surface area contributed by atoms with Gasteiger partial charge in [0.2, 0.25) is 21.8 Å². The molecule has 2 N–H and O–H groups in total. The topological polar surface area (TPSA) is 123 Å². The van der Waals surface area contributed by atoms with E-state index in [0.717, 1.165) is 29.8 Å². The first kappa shape index (κ1) is 23.1. The second-order valence-corrected chi connectivity index (χ2v) is 8.78. The number of carbonyl (C=O) groups is 1. The molecule has 174 valence electrons. The molecule has 0 unspecified atom stereocenters. The summed E-state index contributed by atoms with van der Waals surface area (Å²) in [6.07, 6.45) is 0. The molecule has 1 amide bonds. The van der Waals surface area contributed by atoms with Crippen LogP contribution in [0.2, 0.25) is 0 Å². The standard InChI is InChI=1S/C23H19FN4O5S/c24-17-9-11-20(12-10-17)34(30,31)25-14-21(29)26-18-7-4-8-19(13-18)32-15-22-27-28-23(33-22)16-5-2-1-3-6-16/h1-13,25H,14-15H2,(H,26,29). The number of amides is 1. The number of benzene rings is 3. The second kappa shape index (κ2) is 10.2. The first-order chi connectivity index (χ1) is 16.4. The summed E-state index contributed by atoms with van der Waals surface area (Å²) in [6.45, 7) is -0.482. The maximum absolute atomic E-state index is 13.0. The minimum absolute atomic E-state index is 0.0225. The Kier molecular flexibility index (Phi) is 6.95. The van der Waals surface area contributed by atoms with Gasteiger partial charge >= 0.3 is 0 Å². The van der Waals surface area contributed by atoms with E-state index in [9.17, 15) is 17.6 Å². The Bertz CT molecular complexity index is 1380. The highest BCUT2D eigenvalue weighted by atomic mass is 32.2. The lowest BCUT2D eigenvalue weighted by atomic mass is 10.2. The van der Waals surface area contributed by atoms with E-state index in [1.807, 2.05) is 30.3 Å². The average Bonchev–Trinajstić information content (AvgIpc) is 3.32. The van der Waals surface area contributed by atoms with Crippen molar-refractivity contribution in [2.75, 3.05) is 11.9 Å². The highest BCUT2D eigenvalue weighted by molar-refractivity contribution is 7.89. The summed E-state index contributed by atoms with van der Waals surface area (Å²) in [6, 6.07) is 20.1. The van der Waals surface area contributed by atoms with Crippen LogP contribution in [0.4, 0.5) is 10.1 Å². The molecular weight excluding hydrogens is 463 g/mol. The Morgan fingerprint density at radius 1 is 0.971 bits per heavy atom. The number of nitrogens with zero attached hydrogens (tertiary/aromatic N) is 2. The number of carbonyl (C=O) groups excluding carboxylic acids is 1. The number of hydrogen-bond acceptors (Lipinski definition) is 7. The number of hydrogen-bond donors (Lipinski definition) is 2. The van der Waals surface area contributed by atoms with E-state index in [2.05, 4.69) is 20.2 Å². The van der Waals surface area contributed by atoms with Crippen LogP contribution in [0.1, 0.15) is 5.89 Å². The average molecular weight is 482 g/mol. The molecule has 4 aromatic rings. The molecule has 0 fully saturated rings. The van der Waals surface area contributed by atoms with Gasteiger partial charge in [-0.25, -0.2) is 17.5 Å². The summed E-state index contributed by atoms with van der Waals surface area (Å²) >= 11 is 0. The molecule has 0 saturated heterocycles. The van der Waals surface area contributed by atoms with Crippen molar-refractivity contribution < 1.29 is 26.8 Å². The van der Waals surface area contributed by atoms with Crippen molar-refractivity contribution in [3.63, 3.8) is 0 Å². The molecular formula is C23H19FN4O5S. The van der Waals surface area contributed by atoms with Crippen LogP contribution in [0.5, 0.6) is 5.75 Å². The number of halogens is 1. The van der Waals surface area contributed by atoms with Crippen LogP contribution in [0.3, 0.4) is 0 Å². The SMILES string of the molecule is O=C(CNS(=O)(=O)c1ccc(F)cc1)Nc1cccc(OCc2nnc(-c3ccccc3)o2)c1. The van der Waals surface area contributed by atoms with Crippen molar-refractivity contribution in [2.24, 2.45) is 0 Å². The summed E-state index contributed by atoms with van der Waals surface area (Å²) in [5, 5.41) is 10.5. The quantitative estimate of drug-likeness (QED) is 0.375. The highest BCUT2D eigenvalue weighted by Gasteiger charge is 2.16. The Morgan fingerprint density at radius 2 is 1.74 bits per heavy atom. The fourth-order valence-corrected chi connectivity index (χ4v) is 3.86. The van der Waals surface area contributed by atoms with Gasteiger partial charge < -0.3 is 14.5 Å². The number of nitrogens with one attached hydrogen (secondary N) is 2. The highest BCUT2D eigenvalue weighted by Crippen LogP contribution is 2.20. The van der Waals surface area contributed by atoms with Gasteiger partial charge in [-0.3, -0.25) is 4.79 Å². The van der Waals surface area contributed by atoms with Crippen LogP contribution in [0.15, 0.2) is 88.2 Å². The van der Waals surface area contributed by atoms with Crippen LogP contribution in [-0.4, -0.2) is 31.1 Å². The zero-order valence-corrected chi connectivity index (χ0v) is 18.5. The van der Waals surface area contributed by atoms with Gasteiger partial charge in [-0.2, -0.15) is 0 Å². The lowest BCUT2D eigenvalue weighted by molar-refractivity contribution is -0.115. The second-order valence-electron chi connectivity index (χ2n) is 7.01. The van der Waals surface area contributed by atoms with E-state index in [1.54, 1.807) is 24.3 Å². The van der Waals surface area contributed by atoms with Gasteiger partial charge in [-0.1, -0.05) is 24.3 Å². The third-order valence-electron chi connectivity index (χ3n) is 4.51. The summed E-state index contributed by atoms with van der Waals surface area (Å²) < 4.78 is 50.8. The minimum Gasteiger partial charge on any atom is -0.484 e. The van der Waals surface area contributed by atoms with Crippen molar-refractivity contribution >= 4 is 21.6 Å². The maximum atomic E-state index is 13.0. The predicted octanol–water partition coefficient (Wildman–Crippen LogP) is 3.37. The monoisotopic (exact) mass is 482 g/mol. The smallest absolute Gasteiger partial charge is 0.254 e. The van der Waals surface area contributed by atoms with Crippen molar-refractivity contribution in [1.82, 2.24) is 14.9 Å². The predicted molar refractivity (Wildman–Crippen MR) is 121 cm³/mol. The van der Waals surface area contributed by atoms with Gasteiger partial charge in [0.25, 0.3) is 5.89 Å². The largest absolute Gasteiger partial charge is 0.484 e. The number of ether oxygens (including phenoxy) is 1. The molecule has 0 saturated carbocycles. The van der Waals surface area contributed by atoms with Crippen molar-refractivity contribution in [2.45, 2.75) is 11.5 Å². The van der Waals surface area contributed by atoms with E-state index in [1.165, 1.54) is 0 Å². The number of rotatable bonds is 9. The number of sulfonamides is 1. The normalized spacial score (nSPS) is 11.2. The molecule has 3 aromatic carbocycles. The van der Waals surface area contributed by atoms with Gasteiger partial charge in [0, 0.05) is 17.3 Å². The molecule has 0 aliphatic rings. The molecule has 0 spiro atoms. The fraction of sp³-hybridized carbons (Fsp3) is 0.0870. The molecule has 1 heterocycles. The van der Waals surface area contributed by atoms with Gasteiger partial charge in [0.1, 0.15) is 11.6 Å². The third-order valence-corrected chi connectivity index (χ3v) is 5.93. The van der Waals surface area contributed by atoms with Crippen molar-refractivity contribution in [1.29, 1.82) is 0 Å². The molecule has 1 aromatic heterocycles. The Labute approximate surface area is 194 Å². The fourth-order valence-electron chi connectivity index (χ4n) is 2.88. The minimum atomic E-state index is -3.96. The van der Waals surface area contributed by atoms with Crippen LogP contribution < -0.4 is 14.8 Å². The first-order valence-corrected chi connectivity index (χ1v) is 11.5. The van der Waals surface area contributed by atoms with Crippen LogP contribution in [0, 0.1) is 5.82 Å². The van der Waals surface area contributed by atoms with Gasteiger partial charge in [0.05, 0.1) is 11.4 Å². The lowest BCUT2D eigenvalue weighted by Gasteiger charge is -2.09. The zero-order chi connectivity index (χ0) is 24.0. The van der Waals surface area contributed by atoms with Gasteiger partial charge in [0.15, 0.2) is 6.61 Å². The molecule has 0 bridgehead atoms. The number of aromatic nitrogens is 2. The summed E-state index contributed by atoms with van der Waals surface area (Å²) in [7, 11) is -3.96. The Balaban J connectivity index is 1.30. The van der Waals surface area contributed by atoms with Crippen LogP contribution >= 0.6 is 0 Å². The first-order valence-electron chi connectivity index (χ1n) is 10.0. The Hall–Kier alpha value is -4.09. The number of anilines is 1. The molecule has 11 heteroatoms. The zero-order valence-electron chi connectivity index (χ0n) is 17.6. The molecule has 0 radical (unpaired) electrons. The van der Waals surface area contributed by atoms with E-state index in [-0.39, 0.29) is 17.4 Å². The summed E-state index contributed by atoms with van der Waals surface area (Å²) in [5.41, 5.74) is 1.19. The van der Waals surface area contributed by atoms with Crippen LogP contribution in [0.25, 0.3) is 11.5 Å². The Morgan fingerprint density at radius 3 is 2.50 bits per heavy atom. The molecule has 0 aliphatic carbocycles. The van der Waals surface area contributed by atoms with E-state index in [0.29, 0.717) is 17.3 Å². The summed E-state index contributed by atoms with van der Waals surface area (Å²) in [5.74, 6) is -0.0577. The summed E-state index contributed by atoms with van der Waals surface area (Å²) in [4.78, 5) is 12.1. The molecule has 0 atom stereocenters. The molecule has 4 rings (SSSR count). The van der Waals surface area contributed by atoms with Crippen LogP contribution in [-0.2, 0) is 21.4 Å². The lowest BCUT2D eigenvalue weighted by Crippen LogP contribution is -2.32. The van der Waals surface area contributed by atoms with E-state index < -0.39 is 28.3 Å². The maximum Gasteiger partial charge on any atom is 0.254 e. The van der Waals surface area contributed by atoms with E-state index in [4.69, 9.17) is 9.15 Å².